The Balaban J connectivity index is 1.13. The molecule has 0 fully saturated rings. The van der Waals surface area contributed by atoms with Crippen LogP contribution in [0.5, 0.6) is 0 Å². The van der Waals surface area contributed by atoms with Gasteiger partial charge in [0.1, 0.15) is 8.80 Å². The number of hydrogen-bond donors (Lipinski definition) is 0. The summed E-state index contributed by atoms with van der Waals surface area (Å²) in [5, 5.41) is 12.8. The predicted molar refractivity (Wildman–Crippen MR) is 225 cm³/mol. The van der Waals surface area contributed by atoms with Gasteiger partial charge in [-0.05, 0) is 77.8 Å². The largest absolute Gasteiger partial charge is 0.309 e. The monoisotopic (exact) mass is 696 g/mol. The van der Waals surface area contributed by atoms with Crippen LogP contribution in [0.15, 0.2) is 175 Å². The Hall–Kier alpha value is -5.94. The molecule has 2 nitrogen and oxygen atoms in total. The highest BCUT2D eigenvalue weighted by molar-refractivity contribution is 7.25. The minimum atomic E-state index is -1.88. The summed E-state index contributed by atoms with van der Waals surface area (Å²) >= 11 is 1.90. The van der Waals surface area contributed by atoms with E-state index < -0.39 is 8.80 Å². The number of thiophene rings is 1. The molecule has 0 saturated heterocycles. The second-order valence-corrected chi connectivity index (χ2v) is 18.4. The Morgan fingerprint density at radius 3 is 2.17 bits per heavy atom. The van der Waals surface area contributed by atoms with Crippen LogP contribution in [0.4, 0.5) is 0 Å². The third-order valence-electron chi connectivity index (χ3n) is 11.7. The van der Waals surface area contributed by atoms with Gasteiger partial charge in [0.2, 0.25) is 0 Å². The van der Waals surface area contributed by atoms with Crippen LogP contribution in [-0.4, -0.2) is 17.9 Å². The third-order valence-corrected chi connectivity index (χ3v) is 16.2. The number of fused-ring (bicyclic) bond motifs is 9. The van der Waals surface area contributed by atoms with Crippen molar-refractivity contribution in [1.29, 1.82) is 0 Å². The molecule has 7 aromatic carbocycles. The fraction of sp³-hybridized carbons (Fsp3) is 0.0417. The zero-order valence-electron chi connectivity index (χ0n) is 28.3. The van der Waals surface area contributed by atoms with Crippen molar-refractivity contribution < 1.29 is 0 Å². The molecule has 4 heteroatoms. The van der Waals surface area contributed by atoms with Gasteiger partial charge in [-0.25, -0.2) is 0 Å². The Bertz CT molecular complexity index is 3170. The van der Waals surface area contributed by atoms with E-state index in [9.17, 15) is 0 Å². The molecule has 12 rings (SSSR count). The number of nitrogens with zero attached hydrogens (tertiary/aromatic N) is 2. The molecule has 2 bridgehead atoms. The zero-order chi connectivity index (χ0) is 33.9. The summed E-state index contributed by atoms with van der Waals surface area (Å²) in [4.78, 5) is 0. The Morgan fingerprint density at radius 1 is 0.519 bits per heavy atom. The van der Waals surface area contributed by atoms with Crippen LogP contribution in [-0.2, 0) is 0 Å². The van der Waals surface area contributed by atoms with Crippen molar-refractivity contribution in [2.45, 2.75) is 12.3 Å². The summed E-state index contributed by atoms with van der Waals surface area (Å²) in [5.74, 6) is 0.367. The molecule has 0 radical (unpaired) electrons. The van der Waals surface area contributed by atoms with Crippen molar-refractivity contribution in [3.05, 3.63) is 181 Å². The van der Waals surface area contributed by atoms with E-state index in [4.69, 9.17) is 0 Å². The fourth-order valence-corrected chi connectivity index (χ4v) is 14.2. The van der Waals surface area contributed by atoms with Gasteiger partial charge in [0, 0.05) is 59.0 Å². The topological polar surface area (TPSA) is 9.86 Å². The van der Waals surface area contributed by atoms with E-state index in [0.29, 0.717) is 5.92 Å². The average Bonchev–Trinajstić information content (AvgIpc) is 3.85. The van der Waals surface area contributed by atoms with Gasteiger partial charge in [-0.2, -0.15) is 0 Å². The van der Waals surface area contributed by atoms with Crippen LogP contribution in [0.2, 0.25) is 0 Å². The maximum Gasteiger partial charge on any atom is 0.129 e. The number of aromatic nitrogens is 2. The maximum atomic E-state index is 2.53. The normalized spacial score (nSPS) is 16.8. The van der Waals surface area contributed by atoms with E-state index in [0.717, 1.165) is 6.42 Å². The highest BCUT2D eigenvalue weighted by atomic mass is 32.1. The lowest BCUT2D eigenvalue weighted by Gasteiger charge is -2.29. The molecule has 1 aliphatic carbocycles. The van der Waals surface area contributed by atoms with E-state index in [-0.39, 0.29) is 0 Å². The first-order valence-corrected chi connectivity index (χ1v) is 20.8. The third kappa shape index (κ3) is 3.94. The number of allylic oxidation sites excluding steroid dienone is 4. The molecule has 4 heterocycles. The lowest BCUT2D eigenvalue weighted by Crippen LogP contribution is -2.46. The van der Waals surface area contributed by atoms with E-state index in [1.807, 2.05) is 11.3 Å². The molecule has 2 aliphatic rings. The number of rotatable bonds is 3. The molecule has 244 valence electrons. The van der Waals surface area contributed by atoms with Gasteiger partial charge in [-0.15, -0.1) is 11.3 Å². The molecule has 52 heavy (non-hydrogen) atoms. The zero-order valence-corrected chi connectivity index (χ0v) is 30.3. The van der Waals surface area contributed by atoms with Gasteiger partial charge in [-0.3, -0.25) is 0 Å². The van der Waals surface area contributed by atoms with Gasteiger partial charge in [0.25, 0.3) is 0 Å². The van der Waals surface area contributed by atoms with Crippen molar-refractivity contribution in [2.24, 2.45) is 0 Å². The molecule has 2 unspecified atom stereocenters. The quantitative estimate of drug-likeness (QED) is 0.163. The number of para-hydroxylation sites is 2. The molecule has 2 atom stereocenters. The smallest absolute Gasteiger partial charge is 0.129 e. The van der Waals surface area contributed by atoms with Crippen LogP contribution >= 0.6 is 11.3 Å². The molecule has 3 aromatic heterocycles. The second kappa shape index (κ2) is 10.8. The minimum Gasteiger partial charge on any atom is -0.309 e. The summed E-state index contributed by atoms with van der Waals surface area (Å²) in [7, 11) is -1.88. The molecule has 1 aliphatic heterocycles. The Kier molecular flexibility index (Phi) is 5.96. The summed E-state index contributed by atoms with van der Waals surface area (Å²) in [6, 6.07) is 57.2. The van der Waals surface area contributed by atoms with Crippen molar-refractivity contribution in [3.8, 4) is 11.4 Å². The van der Waals surface area contributed by atoms with Crippen molar-refractivity contribution >= 4 is 94.3 Å². The lowest BCUT2D eigenvalue weighted by atomic mass is 9.89. The standard InChI is InChI=1S/C48H32N2SSi/c1-2-13-31(14-3-1)49-41-22-10-20-35-30-12-8-16-33(26-30)52(46-25-11-23-42(49)48(46)47(35)41)34-17-9-15-32(27-34)50-40-21-6-4-18-36(40)38-28-39-37-19-5-7-24-44(37)51-45(39)29-43(38)50/h1-25,27-30,52H,26H2. The van der Waals surface area contributed by atoms with Crippen molar-refractivity contribution in [1.82, 2.24) is 9.13 Å². The molecular formula is C48H32N2SSi. The number of benzene rings is 7. The van der Waals surface area contributed by atoms with Crippen LogP contribution in [0.1, 0.15) is 17.9 Å². The summed E-state index contributed by atoms with van der Waals surface area (Å²) in [5.41, 5.74) is 9.04. The first kappa shape index (κ1) is 28.7. The SMILES string of the molecule is C1=CC2CC(=C1)[SiH](c1cccc(-n3c4ccccc4c4cc5c(cc43)sc3ccccc35)c1)c1cccc3c1c1c2cccc1n3-c1ccccc1. The first-order chi connectivity index (χ1) is 25.8. The van der Waals surface area contributed by atoms with Crippen molar-refractivity contribution in [3.63, 3.8) is 0 Å². The molecule has 0 amide bonds. The minimum absolute atomic E-state index is 0.367. The first-order valence-electron chi connectivity index (χ1n) is 18.2. The van der Waals surface area contributed by atoms with Gasteiger partial charge in [-0.1, -0.05) is 120 Å². The lowest BCUT2D eigenvalue weighted by molar-refractivity contribution is 0.847. The van der Waals surface area contributed by atoms with E-state index in [2.05, 4.69) is 179 Å². The highest BCUT2D eigenvalue weighted by Crippen LogP contribution is 2.43. The summed E-state index contributed by atoms with van der Waals surface area (Å²) in [6.07, 6.45) is 8.31. The maximum absolute atomic E-state index is 2.53. The van der Waals surface area contributed by atoms with Crippen LogP contribution in [0.25, 0.3) is 75.2 Å². The van der Waals surface area contributed by atoms with Gasteiger partial charge in [0.15, 0.2) is 0 Å². The molecule has 0 N–H and O–H groups in total. The fourth-order valence-electron chi connectivity index (χ4n) is 9.60. The van der Waals surface area contributed by atoms with E-state index >= 15 is 0 Å². The molecular weight excluding hydrogens is 665 g/mol. The predicted octanol–water partition coefficient (Wildman–Crippen LogP) is 11.1. The Labute approximate surface area is 306 Å². The van der Waals surface area contributed by atoms with E-state index in [1.54, 1.807) is 5.20 Å². The van der Waals surface area contributed by atoms with Crippen LogP contribution < -0.4 is 10.4 Å². The molecule has 0 spiro atoms. The average molecular weight is 697 g/mol. The van der Waals surface area contributed by atoms with Gasteiger partial charge < -0.3 is 9.13 Å². The van der Waals surface area contributed by atoms with Gasteiger partial charge in [0.05, 0.1) is 22.1 Å². The highest BCUT2D eigenvalue weighted by Gasteiger charge is 2.32. The second-order valence-electron chi connectivity index (χ2n) is 14.4. The Morgan fingerprint density at radius 2 is 1.25 bits per heavy atom. The summed E-state index contributed by atoms with van der Waals surface area (Å²) in [6.45, 7) is 0. The molecule has 10 aromatic rings. The van der Waals surface area contributed by atoms with Gasteiger partial charge >= 0.3 is 0 Å². The van der Waals surface area contributed by atoms with Crippen LogP contribution in [0, 0.1) is 0 Å². The van der Waals surface area contributed by atoms with Crippen LogP contribution in [0.3, 0.4) is 0 Å². The van der Waals surface area contributed by atoms with Crippen molar-refractivity contribution in [2.75, 3.05) is 0 Å². The van der Waals surface area contributed by atoms with E-state index in [1.165, 1.54) is 91.1 Å². The number of hydrogen-bond acceptors (Lipinski definition) is 1. The molecule has 0 saturated carbocycles. The summed E-state index contributed by atoms with van der Waals surface area (Å²) < 4.78 is 7.70.